The van der Waals surface area contributed by atoms with E-state index in [1.54, 1.807) is 0 Å². The van der Waals surface area contributed by atoms with Crippen molar-refractivity contribution >= 4 is 11.8 Å². The number of carbonyl (C=O) groups is 2. The normalized spacial score (nSPS) is 19.7. The Labute approximate surface area is 137 Å². The Morgan fingerprint density at radius 2 is 1.87 bits per heavy atom. The standard InChI is InChI=1S/C18H26N2O3/c1-2-12-19-16(21)9-10-17(22)20-13-18(23)11-5-7-14-6-3-4-8-15(14)18/h3-4,6,8,23H,2,5,7,9-13H2,1H3,(H,19,21)(H,20,22). The molecule has 1 aromatic carbocycles. The molecule has 2 rings (SSSR count). The number of rotatable bonds is 7. The van der Waals surface area contributed by atoms with Gasteiger partial charge in [0.1, 0.15) is 5.60 Å². The Morgan fingerprint density at radius 3 is 2.61 bits per heavy atom. The van der Waals surface area contributed by atoms with E-state index in [4.69, 9.17) is 0 Å². The molecule has 0 saturated carbocycles. The minimum atomic E-state index is -1.00. The number of carbonyl (C=O) groups excluding carboxylic acids is 2. The van der Waals surface area contributed by atoms with Crippen LogP contribution in [0.2, 0.25) is 0 Å². The maximum atomic E-state index is 11.9. The molecule has 5 nitrogen and oxygen atoms in total. The van der Waals surface area contributed by atoms with Crippen molar-refractivity contribution < 1.29 is 14.7 Å². The minimum Gasteiger partial charge on any atom is -0.383 e. The maximum Gasteiger partial charge on any atom is 0.220 e. The molecule has 1 unspecified atom stereocenters. The summed E-state index contributed by atoms with van der Waals surface area (Å²) in [5.41, 5.74) is 1.05. The Hall–Kier alpha value is -1.88. The molecule has 0 aliphatic heterocycles. The monoisotopic (exact) mass is 318 g/mol. The number of nitrogens with one attached hydrogen (secondary N) is 2. The van der Waals surface area contributed by atoms with Crippen molar-refractivity contribution in [3.63, 3.8) is 0 Å². The molecule has 3 N–H and O–H groups in total. The lowest BCUT2D eigenvalue weighted by molar-refractivity contribution is -0.127. The molecule has 23 heavy (non-hydrogen) atoms. The quantitative estimate of drug-likeness (QED) is 0.715. The van der Waals surface area contributed by atoms with E-state index in [0.717, 1.165) is 30.4 Å². The van der Waals surface area contributed by atoms with E-state index in [-0.39, 0.29) is 31.2 Å². The predicted molar refractivity (Wildman–Crippen MR) is 88.8 cm³/mol. The molecule has 0 spiro atoms. The van der Waals surface area contributed by atoms with Gasteiger partial charge in [0.15, 0.2) is 0 Å². The fraction of sp³-hybridized carbons (Fsp3) is 0.556. The first-order chi connectivity index (χ1) is 11.0. The summed E-state index contributed by atoms with van der Waals surface area (Å²) < 4.78 is 0. The zero-order valence-electron chi connectivity index (χ0n) is 13.7. The number of fused-ring (bicyclic) bond motifs is 1. The fourth-order valence-corrected chi connectivity index (χ4v) is 2.99. The summed E-state index contributed by atoms with van der Waals surface area (Å²) >= 11 is 0. The molecule has 0 heterocycles. The summed E-state index contributed by atoms with van der Waals surface area (Å²) in [6.07, 6.45) is 3.71. The van der Waals surface area contributed by atoms with Crippen LogP contribution in [-0.2, 0) is 21.6 Å². The summed E-state index contributed by atoms with van der Waals surface area (Å²) in [6.45, 7) is 2.81. The van der Waals surface area contributed by atoms with Crippen molar-refractivity contribution in [2.75, 3.05) is 13.1 Å². The largest absolute Gasteiger partial charge is 0.383 e. The highest BCUT2D eigenvalue weighted by Crippen LogP contribution is 2.34. The summed E-state index contributed by atoms with van der Waals surface area (Å²) in [4.78, 5) is 23.4. The topological polar surface area (TPSA) is 78.4 Å². The van der Waals surface area contributed by atoms with Gasteiger partial charge in [0, 0.05) is 19.4 Å². The van der Waals surface area contributed by atoms with E-state index >= 15 is 0 Å². The lowest BCUT2D eigenvalue weighted by Crippen LogP contribution is -2.43. The predicted octanol–water partition coefficient (Wildman–Crippen LogP) is 1.63. The molecule has 0 aromatic heterocycles. The lowest BCUT2D eigenvalue weighted by Gasteiger charge is -2.34. The van der Waals surface area contributed by atoms with Crippen LogP contribution in [0, 0.1) is 0 Å². The van der Waals surface area contributed by atoms with Crippen molar-refractivity contribution in [1.82, 2.24) is 10.6 Å². The van der Waals surface area contributed by atoms with Gasteiger partial charge in [0.05, 0.1) is 6.54 Å². The Kier molecular flexibility index (Phi) is 6.16. The van der Waals surface area contributed by atoms with Crippen LogP contribution >= 0.6 is 0 Å². The van der Waals surface area contributed by atoms with Gasteiger partial charge in [0.25, 0.3) is 0 Å². The smallest absolute Gasteiger partial charge is 0.220 e. The molecule has 1 atom stereocenters. The van der Waals surface area contributed by atoms with Crippen LogP contribution in [0.4, 0.5) is 0 Å². The Bertz CT molecular complexity index is 559. The van der Waals surface area contributed by atoms with Gasteiger partial charge in [-0.1, -0.05) is 31.2 Å². The number of hydrogen-bond acceptors (Lipinski definition) is 3. The van der Waals surface area contributed by atoms with Crippen LogP contribution in [-0.4, -0.2) is 30.0 Å². The molecule has 1 aliphatic carbocycles. The van der Waals surface area contributed by atoms with Gasteiger partial charge in [-0.25, -0.2) is 0 Å². The second-order valence-corrected chi connectivity index (χ2v) is 6.17. The number of amides is 2. The highest BCUT2D eigenvalue weighted by atomic mass is 16.3. The molecule has 0 bridgehead atoms. The number of aryl methyl sites for hydroxylation is 1. The van der Waals surface area contributed by atoms with Gasteiger partial charge in [-0.3, -0.25) is 9.59 Å². The van der Waals surface area contributed by atoms with Crippen LogP contribution < -0.4 is 10.6 Å². The van der Waals surface area contributed by atoms with E-state index in [0.29, 0.717) is 13.0 Å². The summed E-state index contributed by atoms with van der Waals surface area (Å²) in [7, 11) is 0. The van der Waals surface area contributed by atoms with Crippen LogP contribution in [0.15, 0.2) is 24.3 Å². The van der Waals surface area contributed by atoms with Gasteiger partial charge in [0.2, 0.25) is 11.8 Å². The van der Waals surface area contributed by atoms with Crippen molar-refractivity contribution in [2.45, 2.75) is 51.0 Å². The molecule has 1 aromatic rings. The van der Waals surface area contributed by atoms with Crippen molar-refractivity contribution in [3.8, 4) is 0 Å². The third kappa shape index (κ3) is 4.79. The van der Waals surface area contributed by atoms with E-state index in [1.165, 1.54) is 0 Å². The molecule has 126 valence electrons. The van der Waals surface area contributed by atoms with Gasteiger partial charge < -0.3 is 15.7 Å². The van der Waals surface area contributed by atoms with E-state index in [9.17, 15) is 14.7 Å². The molecule has 2 amide bonds. The second-order valence-electron chi connectivity index (χ2n) is 6.17. The molecule has 5 heteroatoms. The number of benzene rings is 1. The molecule has 0 radical (unpaired) electrons. The first kappa shape index (κ1) is 17.5. The fourth-order valence-electron chi connectivity index (χ4n) is 2.99. The van der Waals surface area contributed by atoms with Crippen molar-refractivity contribution in [3.05, 3.63) is 35.4 Å². The van der Waals surface area contributed by atoms with Crippen LogP contribution in [0.25, 0.3) is 0 Å². The minimum absolute atomic E-state index is 0.108. The van der Waals surface area contributed by atoms with Crippen LogP contribution in [0.3, 0.4) is 0 Å². The van der Waals surface area contributed by atoms with Crippen LogP contribution in [0.1, 0.15) is 50.2 Å². The third-order valence-electron chi connectivity index (χ3n) is 4.28. The molecule has 0 fully saturated rings. The maximum absolute atomic E-state index is 11.9. The lowest BCUT2D eigenvalue weighted by atomic mass is 9.79. The third-order valence-corrected chi connectivity index (χ3v) is 4.28. The number of hydrogen-bond donors (Lipinski definition) is 3. The average Bonchev–Trinajstić information content (AvgIpc) is 2.57. The first-order valence-electron chi connectivity index (χ1n) is 8.39. The number of aliphatic hydroxyl groups is 1. The van der Waals surface area contributed by atoms with Crippen molar-refractivity contribution in [1.29, 1.82) is 0 Å². The van der Waals surface area contributed by atoms with Gasteiger partial charge in [-0.05, 0) is 36.8 Å². The van der Waals surface area contributed by atoms with Crippen LogP contribution in [0.5, 0.6) is 0 Å². The highest BCUT2D eigenvalue weighted by Gasteiger charge is 2.34. The highest BCUT2D eigenvalue weighted by molar-refractivity contribution is 5.83. The van der Waals surface area contributed by atoms with E-state index in [2.05, 4.69) is 10.6 Å². The van der Waals surface area contributed by atoms with Gasteiger partial charge >= 0.3 is 0 Å². The van der Waals surface area contributed by atoms with Gasteiger partial charge in [-0.15, -0.1) is 0 Å². The summed E-state index contributed by atoms with van der Waals surface area (Å²) in [6, 6.07) is 7.84. The molecular formula is C18H26N2O3. The molecule has 0 saturated heterocycles. The summed E-state index contributed by atoms with van der Waals surface area (Å²) in [5, 5.41) is 16.4. The molecular weight excluding hydrogens is 292 g/mol. The van der Waals surface area contributed by atoms with Gasteiger partial charge in [-0.2, -0.15) is 0 Å². The molecule has 1 aliphatic rings. The summed E-state index contributed by atoms with van der Waals surface area (Å²) in [5.74, 6) is -0.308. The average molecular weight is 318 g/mol. The SMILES string of the molecule is CCCNC(=O)CCC(=O)NCC1(O)CCCc2ccccc21. The zero-order valence-corrected chi connectivity index (χ0v) is 13.7. The van der Waals surface area contributed by atoms with Crippen molar-refractivity contribution in [2.24, 2.45) is 0 Å². The van der Waals surface area contributed by atoms with E-state index < -0.39 is 5.60 Å². The Morgan fingerprint density at radius 1 is 1.17 bits per heavy atom. The Balaban J connectivity index is 1.84. The first-order valence-corrected chi connectivity index (χ1v) is 8.39. The second kappa shape index (κ2) is 8.11. The van der Waals surface area contributed by atoms with E-state index in [1.807, 2.05) is 31.2 Å². The zero-order chi connectivity index (χ0) is 16.7.